The molecule has 0 bridgehead atoms. The Hall–Kier alpha value is -2.19. The van der Waals surface area contributed by atoms with Crippen LogP contribution in [-0.2, 0) is 11.3 Å². The van der Waals surface area contributed by atoms with Crippen LogP contribution in [0.4, 0.5) is 11.5 Å². The topological polar surface area (TPSA) is 55.3 Å². The first-order valence-electron chi connectivity index (χ1n) is 12.2. The van der Waals surface area contributed by atoms with Gasteiger partial charge in [0.25, 0.3) is 0 Å². The zero-order valence-corrected chi connectivity index (χ0v) is 20.4. The number of rotatable bonds is 7. The van der Waals surface area contributed by atoms with Gasteiger partial charge >= 0.3 is 0 Å². The first-order chi connectivity index (χ1) is 15.9. The molecule has 1 aromatic heterocycles. The molecule has 1 aromatic carbocycles. The molecule has 1 N–H and O–H groups in total. The Morgan fingerprint density at radius 2 is 1.88 bits per heavy atom. The third-order valence-corrected chi connectivity index (χ3v) is 7.38. The molecule has 2 unspecified atom stereocenters. The summed E-state index contributed by atoms with van der Waals surface area (Å²) < 4.78 is 5.83. The van der Waals surface area contributed by atoms with Gasteiger partial charge in [-0.3, -0.25) is 9.80 Å². The highest BCUT2D eigenvalue weighted by Crippen LogP contribution is 2.42. The molecule has 1 saturated carbocycles. The van der Waals surface area contributed by atoms with Crippen LogP contribution in [0.3, 0.4) is 0 Å². The fraction of sp³-hybridized carbons (Fsp3) is 0.577. The van der Waals surface area contributed by atoms with Crippen molar-refractivity contribution in [3.8, 4) is 11.3 Å². The lowest BCUT2D eigenvalue weighted by molar-refractivity contribution is -0.0141. The third kappa shape index (κ3) is 4.60. The summed E-state index contributed by atoms with van der Waals surface area (Å²) in [4.78, 5) is 14.2. The van der Waals surface area contributed by atoms with Crippen LogP contribution in [0.15, 0.2) is 30.3 Å². The Labute approximate surface area is 197 Å². The summed E-state index contributed by atoms with van der Waals surface area (Å²) in [5.74, 6) is 1.78. The number of aliphatic hydroxyl groups is 1. The van der Waals surface area contributed by atoms with Crippen LogP contribution in [0.2, 0.25) is 0 Å². The lowest BCUT2D eigenvalue weighted by Crippen LogP contribution is -2.49. The van der Waals surface area contributed by atoms with Gasteiger partial charge in [0.1, 0.15) is 6.23 Å². The van der Waals surface area contributed by atoms with Crippen LogP contribution in [0.5, 0.6) is 0 Å². The minimum absolute atomic E-state index is 0.0870. The molecule has 3 aliphatic rings. The maximum Gasteiger partial charge on any atom is 0.211 e. The number of hydrogen-bond donors (Lipinski definition) is 1. The van der Waals surface area contributed by atoms with Gasteiger partial charge in [-0.25, -0.2) is 4.98 Å². The van der Waals surface area contributed by atoms with Crippen LogP contribution >= 0.6 is 0 Å². The fourth-order valence-corrected chi connectivity index (χ4v) is 5.16. The second kappa shape index (κ2) is 9.22. The summed E-state index contributed by atoms with van der Waals surface area (Å²) >= 11 is 0. The van der Waals surface area contributed by atoms with E-state index in [0.29, 0.717) is 0 Å². The van der Waals surface area contributed by atoms with Gasteiger partial charge in [0.2, 0.25) is 6.35 Å². The van der Waals surface area contributed by atoms with Crippen molar-refractivity contribution in [1.29, 1.82) is 0 Å². The largest absolute Gasteiger partial charge is 0.379 e. The fourth-order valence-electron chi connectivity index (χ4n) is 5.16. The summed E-state index contributed by atoms with van der Waals surface area (Å²) in [6, 6.07) is 11.1. The predicted molar refractivity (Wildman–Crippen MR) is 132 cm³/mol. The molecule has 3 heterocycles. The number of piperazine rings is 1. The molecule has 178 valence electrons. The molecule has 2 aliphatic heterocycles. The zero-order chi connectivity index (χ0) is 23.1. The summed E-state index contributed by atoms with van der Waals surface area (Å²) in [6.45, 7) is 9.75. The second-order valence-electron chi connectivity index (χ2n) is 9.90. The van der Waals surface area contributed by atoms with Gasteiger partial charge in [-0.15, -0.1) is 0 Å². The van der Waals surface area contributed by atoms with Gasteiger partial charge < -0.3 is 19.6 Å². The summed E-state index contributed by atoms with van der Waals surface area (Å²) in [5.41, 5.74) is 5.93. The van der Waals surface area contributed by atoms with Gasteiger partial charge in [-0.2, -0.15) is 0 Å². The second-order valence-corrected chi connectivity index (χ2v) is 9.90. The number of nitrogens with zero attached hydrogens (tertiary/aromatic N) is 5. The summed E-state index contributed by atoms with van der Waals surface area (Å²) in [5, 5.41) is 9.81. The monoisotopic (exact) mass is 451 g/mol. The van der Waals surface area contributed by atoms with Gasteiger partial charge in [0.15, 0.2) is 5.82 Å². The van der Waals surface area contributed by atoms with Crippen molar-refractivity contribution < 1.29 is 9.84 Å². The van der Waals surface area contributed by atoms with Crippen molar-refractivity contribution in [2.45, 2.75) is 45.8 Å². The molecule has 7 nitrogen and oxygen atoms in total. The molecule has 7 heteroatoms. The van der Waals surface area contributed by atoms with E-state index in [-0.39, 0.29) is 12.6 Å². The number of anilines is 2. The molecule has 0 radical (unpaired) electrons. The van der Waals surface area contributed by atoms with E-state index in [9.17, 15) is 5.11 Å². The molecular weight excluding hydrogens is 414 g/mol. The van der Waals surface area contributed by atoms with Crippen molar-refractivity contribution >= 4 is 11.5 Å². The number of benzene rings is 1. The Kier molecular flexibility index (Phi) is 6.31. The van der Waals surface area contributed by atoms with E-state index in [0.717, 1.165) is 56.7 Å². The van der Waals surface area contributed by atoms with Crippen LogP contribution in [0.1, 0.15) is 30.9 Å². The third-order valence-electron chi connectivity index (χ3n) is 7.38. The molecule has 5 rings (SSSR count). The zero-order valence-electron chi connectivity index (χ0n) is 20.4. The van der Waals surface area contributed by atoms with Gasteiger partial charge in [0, 0.05) is 59.0 Å². The van der Waals surface area contributed by atoms with Crippen LogP contribution in [-0.4, -0.2) is 79.4 Å². The molecule has 2 aromatic rings. The minimum atomic E-state index is -0.361. The standard InChI is InChI=1S/C26H37N5O2/c1-18-5-6-21(16-29-11-13-30(14-12-29)19(2)32)15-22(18)23-9-10-24-25(27-23)28(3)26(33-4)31(24)17-20-7-8-20/h5-6,9-10,15,19-20,26,32H,7-8,11-14,16-17H2,1-4H3. The number of aromatic nitrogens is 1. The van der Waals surface area contributed by atoms with Gasteiger partial charge in [-0.05, 0) is 61.9 Å². The van der Waals surface area contributed by atoms with Crippen molar-refractivity contribution in [3.63, 3.8) is 0 Å². The van der Waals surface area contributed by atoms with Crippen LogP contribution in [0, 0.1) is 12.8 Å². The van der Waals surface area contributed by atoms with Crippen molar-refractivity contribution in [2.24, 2.45) is 5.92 Å². The number of methoxy groups -OCH3 is 1. The lowest BCUT2D eigenvalue weighted by Gasteiger charge is -2.36. The molecule has 1 aliphatic carbocycles. The number of pyridine rings is 1. The average molecular weight is 452 g/mol. The number of hydrogen-bond acceptors (Lipinski definition) is 7. The van der Waals surface area contributed by atoms with Gasteiger partial charge in [-0.1, -0.05) is 12.1 Å². The van der Waals surface area contributed by atoms with E-state index in [1.54, 1.807) is 7.11 Å². The number of aliphatic hydroxyl groups excluding tert-OH is 1. The normalized spacial score (nSPS) is 22.6. The Morgan fingerprint density at radius 1 is 1.12 bits per heavy atom. The van der Waals surface area contributed by atoms with Gasteiger partial charge in [0.05, 0.1) is 11.4 Å². The summed E-state index contributed by atoms with van der Waals surface area (Å²) in [7, 11) is 3.86. The Balaban J connectivity index is 1.36. The molecule has 2 fully saturated rings. The van der Waals surface area contributed by atoms with E-state index in [4.69, 9.17) is 9.72 Å². The average Bonchev–Trinajstić information content (AvgIpc) is 3.60. The molecule has 2 atom stereocenters. The highest BCUT2D eigenvalue weighted by molar-refractivity contribution is 5.77. The quantitative estimate of drug-likeness (QED) is 0.694. The summed E-state index contributed by atoms with van der Waals surface area (Å²) in [6.07, 6.45) is 2.19. The van der Waals surface area contributed by atoms with Crippen LogP contribution < -0.4 is 9.80 Å². The maximum atomic E-state index is 9.81. The number of fused-ring (bicyclic) bond motifs is 1. The SMILES string of the molecule is COC1N(C)c2nc(-c3cc(CN4CCN(C(C)O)CC4)ccc3C)ccc2N1CC1CC1. The predicted octanol–water partition coefficient (Wildman–Crippen LogP) is 3.11. The Bertz CT molecular complexity index is 985. The molecule has 0 amide bonds. The number of ether oxygens (including phenoxy) is 1. The first kappa shape index (κ1) is 22.6. The highest BCUT2D eigenvalue weighted by atomic mass is 16.5. The first-order valence-corrected chi connectivity index (χ1v) is 12.2. The number of aryl methyl sites for hydroxylation is 1. The molecule has 1 saturated heterocycles. The van der Waals surface area contributed by atoms with Crippen molar-refractivity contribution in [3.05, 3.63) is 41.5 Å². The Morgan fingerprint density at radius 3 is 2.55 bits per heavy atom. The van der Waals surface area contributed by atoms with E-state index in [1.165, 1.54) is 35.2 Å². The van der Waals surface area contributed by atoms with E-state index < -0.39 is 0 Å². The molecule has 0 spiro atoms. The van der Waals surface area contributed by atoms with Crippen LogP contribution in [0.25, 0.3) is 11.3 Å². The smallest absolute Gasteiger partial charge is 0.211 e. The van der Waals surface area contributed by atoms with E-state index in [1.807, 2.05) is 6.92 Å². The maximum absolute atomic E-state index is 9.81. The molecule has 33 heavy (non-hydrogen) atoms. The van der Waals surface area contributed by atoms with E-state index >= 15 is 0 Å². The highest BCUT2D eigenvalue weighted by Gasteiger charge is 2.38. The van der Waals surface area contributed by atoms with E-state index in [2.05, 4.69) is 63.9 Å². The lowest BCUT2D eigenvalue weighted by atomic mass is 10.0. The van der Waals surface area contributed by atoms with Crippen molar-refractivity contribution in [1.82, 2.24) is 14.8 Å². The molecular formula is C26H37N5O2. The minimum Gasteiger partial charge on any atom is -0.379 e. The van der Waals surface area contributed by atoms with Crippen molar-refractivity contribution in [2.75, 3.05) is 56.7 Å².